The predicted octanol–water partition coefficient (Wildman–Crippen LogP) is 2.17. The minimum atomic E-state index is -1.17. The summed E-state index contributed by atoms with van der Waals surface area (Å²) in [7, 11) is 0. The highest BCUT2D eigenvalue weighted by molar-refractivity contribution is 5.85. The summed E-state index contributed by atoms with van der Waals surface area (Å²) in [6, 6.07) is 9.22. The van der Waals surface area contributed by atoms with Crippen LogP contribution in [0.3, 0.4) is 0 Å². The number of carbonyl (C=O) groups is 1. The van der Waals surface area contributed by atoms with Crippen molar-refractivity contribution in [3.63, 3.8) is 0 Å². The number of hydrogen-bond acceptors (Lipinski definition) is 3. The van der Waals surface area contributed by atoms with Crippen molar-refractivity contribution in [2.45, 2.75) is 45.3 Å². The molecule has 0 aliphatic heterocycles. The van der Waals surface area contributed by atoms with Gasteiger partial charge in [-0.05, 0) is 24.8 Å². The molecular weight excluding hydrogens is 252 g/mol. The molecule has 4 nitrogen and oxygen atoms in total. The fourth-order valence-corrected chi connectivity index (χ4v) is 2.30. The first-order chi connectivity index (χ1) is 9.36. The SMILES string of the molecule is CC(C)CC(C)OCCC(N)(C(N)=O)c1ccccc1. The van der Waals surface area contributed by atoms with Crippen molar-refractivity contribution in [1.82, 2.24) is 0 Å². The van der Waals surface area contributed by atoms with E-state index in [1.54, 1.807) is 0 Å². The van der Waals surface area contributed by atoms with E-state index >= 15 is 0 Å². The number of primary amides is 1. The van der Waals surface area contributed by atoms with Gasteiger partial charge >= 0.3 is 0 Å². The number of benzene rings is 1. The molecule has 4 N–H and O–H groups in total. The van der Waals surface area contributed by atoms with Crippen LogP contribution in [-0.2, 0) is 15.1 Å². The molecular formula is C16H26N2O2. The number of ether oxygens (including phenoxy) is 1. The van der Waals surface area contributed by atoms with Crippen molar-refractivity contribution in [1.29, 1.82) is 0 Å². The summed E-state index contributed by atoms with van der Waals surface area (Å²) in [4.78, 5) is 11.7. The summed E-state index contributed by atoms with van der Waals surface area (Å²) in [5.74, 6) is 0.0571. The van der Waals surface area contributed by atoms with Crippen LogP contribution >= 0.6 is 0 Å². The van der Waals surface area contributed by atoms with Crippen LogP contribution in [0.4, 0.5) is 0 Å². The second-order valence-electron chi connectivity index (χ2n) is 5.76. The van der Waals surface area contributed by atoms with Gasteiger partial charge < -0.3 is 16.2 Å². The Morgan fingerprint density at radius 3 is 2.35 bits per heavy atom. The molecule has 20 heavy (non-hydrogen) atoms. The Kier molecular flexibility index (Phi) is 6.17. The van der Waals surface area contributed by atoms with Crippen LogP contribution in [0, 0.1) is 5.92 Å². The molecule has 2 unspecified atom stereocenters. The van der Waals surface area contributed by atoms with Crippen LogP contribution in [0.15, 0.2) is 30.3 Å². The Morgan fingerprint density at radius 2 is 1.85 bits per heavy atom. The van der Waals surface area contributed by atoms with Gasteiger partial charge in [0, 0.05) is 13.0 Å². The van der Waals surface area contributed by atoms with Crippen molar-refractivity contribution >= 4 is 5.91 Å². The molecule has 0 fully saturated rings. The lowest BCUT2D eigenvalue weighted by Crippen LogP contribution is -2.50. The van der Waals surface area contributed by atoms with Crippen LogP contribution in [-0.4, -0.2) is 18.6 Å². The molecule has 0 aliphatic rings. The molecule has 0 saturated carbocycles. The molecule has 2 atom stereocenters. The van der Waals surface area contributed by atoms with Crippen molar-refractivity contribution in [3.8, 4) is 0 Å². The molecule has 112 valence electrons. The molecule has 0 aromatic heterocycles. The topological polar surface area (TPSA) is 78.3 Å². The summed E-state index contributed by atoms with van der Waals surface area (Å²) < 4.78 is 5.73. The summed E-state index contributed by atoms with van der Waals surface area (Å²) in [5.41, 5.74) is 11.2. The van der Waals surface area contributed by atoms with Crippen LogP contribution in [0.2, 0.25) is 0 Å². The fraction of sp³-hybridized carbons (Fsp3) is 0.562. The predicted molar refractivity (Wildman–Crippen MR) is 81.0 cm³/mol. The second kappa shape index (κ2) is 7.41. The maximum absolute atomic E-state index is 11.7. The Hall–Kier alpha value is -1.39. The highest BCUT2D eigenvalue weighted by Gasteiger charge is 2.33. The number of hydrogen-bond donors (Lipinski definition) is 2. The molecule has 0 spiro atoms. The van der Waals surface area contributed by atoms with Gasteiger partial charge in [0.2, 0.25) is 5.91 Å². The smallest absolute Gasteiger partial charge is 0.242 e. The molecule has 0 heterocycles. The third-order valence-electron chi connectivity index (χ3n) is 3.43. The van der Waals surface area contributed by atoms with E-state index in [1.165, 1.54) is 0 Å². The van der Waals surface area contributed by atoms with E-state index in [4.69, 9.17) is 16.2 Å². The monoisotopic (exact) mass is 278 g/mol. The van der Waals surface area contributed by atoms with E-state index in [-0.39, 0.29) is 6.10 Å². The van der Waals surface area contributed by atoms with E-state index in [2.05, 4.69) is 13.8 Å². The van der Waals surface area contributed by atoms with Gasteiger partial charge in [-0.15, -0.1) is 0 Å². The van der Waals surface area contributed by atoms with E-state index in [1.807, 2.05) is 37.3 Å². The first kappa shape index (κ1) is 16.7. The lowest BCUT2D eigenvalue weighted by atomic mass is 9.87. The first-order valence-electron chi connectivity index (χ1n) is 7.12. The minimum absolute atomic E-state index is 0.155. The Bertz CT molecular complexity index is 420. The largest absolute Gasteiger partial charge is 0.378 e. The van der Waals surface area contributed by atoms with E-state index in [9.17, 15) is 4.79 Å². The quantitative estimate of drug-likeness (QED) is 0.765. The van der Waals surface area contributed by atoms with Gasteiger partial charge in [-0.1, -0.05) is 44.2 Å². The zero-order valence-corrected chi connectivity index (χ0v) is 12.6. The van der Waals surface area contributed by atoms with Gasteiger partial charge in [0.25, 0.3) is 0 Å². The summed E-state index contributed by atoms with van der Waals surface area (Å²) in [6.07, 6.45) is 1.52. The summed E-state index contributed by atoms with van der Waals surface area (Å²) in [5, 5.41) is 0. The van der Waals surface area contributed by atoms with Crippen molar-refractivity contribution in [3.05, 3.63) is 35.9 Å². The van der Waals surface area contributed by atoms with Gasteiger partial charge in [-0.25, -0.2) is 0 Å². The van der Waals surface area contributed by atoms with Gasteiger partial charge in [-0.2, -0.15) is 0 Å². The van der Waals surface area contributed by atoms with Gasteiger partial charge in [-0.3, -0.25) is 4.79 Å². The molecule has 1 aromatic carbocycles. The summed E-state index contributed by atoms with van der Waals surface area (Å²) in [6.45, 7) is 6.76. The molecule has 0 radical (unpaired) electrons. The normalized spacial score (nSPS) is 15.8. The van der Waals surface area contributed by atoms with Crippen LogP contribution in [0.5, 0.6) is 0 Å². The molecule has 0 saturated heterocycles. The van der Waals surface area contributed by atoms with Crippen molar-refractivity contribution in [2.75, 3.05) is 6.61 Å². The van der Waals surface area contributed by atoms with Crippen molar-refractivity contribution < 1.29 is 9.53 Å². The molecule has 1 aromatic rings. The average Bonchev–Trinajstić information content (AvgIpc) is 2.38. The van der Waals surface area contributed by atoms with Gasteiger partial charge in [0.15, 0.2) is 0 Å². The number of nitrogens with two attached hydrogens (primary N) is 2. The Labute approximate surface area is 121 Å². The maximum atomic E-state index is 11.7. The van der Waals surface area contributed by atoms with E-state index < -0.39 is 11.4 Å². The third kappa shape index (κ3) is 4.62. The number of carbonyl (C=O) groups excluding carboxylic acids is 1. The lowest BCUT2D eigenvalue weighted by Gasteiger charge is -2.27. The highest BCUT2D eigenvalue weighted by Crippen LogP contribution is 2.22. The molecule has 1 amide bonds. The molecule has 0 aliphatic carbocycles. The van der Waals surface area contributed by atoms with Gasteiger partial charge in [0.05, 0.1) is 6.10 Å². The lowest BCUT2D eigenvalue weighted by molar-refractivity contribution is -0.124. The van der Waals surface area contributed by atoms with Crippen LogP contribution in [0.25, 0.3) is 0 Å². The Balaban J connectivity index is 2.63. The van der Waals surface area contributed by atoms with Crippen LogP contribution < -0.4 is 11.5 Å². The zero-order chi connectivity index (χ0) is 15.2. The standard InChI is InChI=1S/C16H26N2O2/c1-12(2)11-13(3)20-10-9-16(18,15(17)19)14-7-5-4-6-8-14/h4-8,12-13H,9-11,18H2,1-3H3,(H2,17,19). The number of amides is 1. The number of rotatable bonds is 8. The van der Waals surface area contributed by atoms with Crippen LogP contribution in [0.1, 0.15) is 39.2 Å². The molecule has 4 heteroatoms. The summed E-state index contributed by atoms with van der Waals surface area (Å²) >= 11 is 0. The van der Waals surface area contributed by atoms with Crippen molar-refractivity contribution in [2.24, 2.45) is 17.4 Å². The van der Waals surface area contributed by atoms with Gasteiger partial charge in [0.1, 0.15) is 5.54 Å². The fourth-order valence-electron chi connectivity index (χ4n) is 2.30. The van der Waals surface area contributed by atoms with E-state index in [0.29, 0.717) is 18.9 Å². The minimum Gasteiger partial charge on any atom is -0.378 e. The van der Waals surface area contributed by atoms with E-state index in [0.717, 1.165) is 12.0 Å². The highest BCUT2D eigenvalue weighted by atomic mass is 16.5. The zero-order valence-electron chi connectivity index (χ0n) is 12.6. The molecule has 1 rings (SSSR count). The average molecular weight is 278 g/mol. The maximum Gasteiger partial charge on any atom is 0.242 e. The third-order valence-corrected chi connectivity index (χ3v) is 3.43. The molecule has 0 bridgehead atoms. The first-order valence-corrected chi connectivity index (χ1v) is 7.12. The second-order valence-corrected chi connectivity index (χ2v) is 5.76. The Morgan fingerprint density at radius 1 is 1.25 bits per heavy atom.